The molecule has 0 saturated heterocycles. The van der Waals surface area contributed by atoms with Crippen molar-refractivity contribution in [2.75, 3.05) is 5.32 Å². The summed E-state index contributed by atoms with van der Waals surface area (Å²) in [5.41, 5.74) is 0.309. The maximum Gasteiger partial charge on any atom is 0.332 e. The number of halogens is 1. The van der Waals surface area contributed by atoms with Crippen molar-refractivity contribution in [3.8, 4) is 0 Å². The minimum Gasteiger partial charge on any atom is -0.326 e. The number of rotatable bonds is 3. The molecular weight excluding hydrogens is 257 g/mol. The fourth-order valence-corrected chi connectivity index (χ4v) is 1.85. The van der Waals surface area contributed by atoms with Crippen molar-refractivity contribution in [2.45, 2.75) is 32.1 Å². The molecule has 1 aromatic carbocycles. The van der Waals surface area contributed by atoms with Gasteiger partial charge in [0.2, 0.25) is 5.91 Å². The number of nitrogens with one attached hydrogen (secondary N) is 1. The third-order valence-electron chi connectivity index (χ3n) is 2.11. The standard InChI is InChI=1S/C12H16FNO3S/c1-12(2,3)8-11(15)14-9-4-6-10(7-5-9)18(13,16)17/h4-7H,8H2,1-3H3,(H,14,15). The van der Waals surface area contributed by atoms with E-state index in [1.54, 1.807) is 0 Å². The van der Waals surface area contributed by atoms with Crippen LogP contribution in [0.4, 0.5) is 9.57 Å². The molecule has 0 bridgehead atoms. The predicted octanol–water partition coefficient (Wildman–Crippen LogP) is 2.72. The first-order chi connectivity index (χ1) is 8.08. The molecule has 0 aliphatic heterocycles. The van der Waals surface area contributed by atoms with Crippen LogP contribution in [0.3, 0.4) is 0 Å². The van der Waals surface area contributed by atoms with Crippen LogP contribution in [0.1, 0.15) is 27.2 Å². The van der Waals surface area contributed by atoms with Gasteiger partial charge in [-0.3, -0.25) is 4.79 Å². The van der Waals surface area contributed by atoms with E-state index in [-0.39, 0.29) is 11.3 Å². The van der Waals surface area contributed by atoms with E-state index in [9.17, 15) is 17.1 Å². The van der Waals surface area contributed by atoms with E-state index in [0.29, 0.717) is 12.1 Å². The van der Waals surface area contributed by atoms with E-state index >= 15 is 0 Å². The lowest BCUT2D eigenvalue weighted by molar-refractivity contribution is -0.117. The van der Waals surface area contributed by atoms with Crippen LogP contribution in [0.15, 0.2) is 29.2 Å². The van der Waals surface area contributed by atoms with Crippen LogP contribution in [0.5, 0.6) is 0 Å². The molecule has 0 heterocycles. The van der Waals surface area contributed by atoms with Crippen LogP contribution in [0.2, 0.25) is 0 Å². The first kappa shape index (κ1) is 14.6. The molecule has 1 rings (SSSR count). The second kappa shape index (κ2) is 5.06. The highest BCUT2D eigenvalue weighted by molar-refractivity contribution is 7.86. The summed E-state index contributed by atoms with van der Waals surface area (Å²) in [5, 5.41) is 2.62. The van der Waals surface area contributed by atoms with Gasteiger partial charge in [0.25, 0.3) is 0 Å². The van der Waals surface area contributed by atoms with Crippen LogP contribution in [0, 0.1) is 5.41 Å². The molecule has 6 heteroatoms. The van der Waals surface area contributed by atoms with Gasteiger partial charge in [-0.2, -0.15) is 8.42 Å². The van der Waals surface area contributed by atoms with Crippen LogP contribution in [-0.2, 0) is 15.0 Å². The summed E-state index contributed by atoms with van der Waals surface area (Å²) >= 11 is 0. The normalized spacial score (nSPS) is 12.2. The lowest BCUT2D eigenvalue weighted by atomic mass is 9.92. The van der Waals surface area contributed by atoms with Crippen molar-refractivity contribution in [2.24, 2.45) is 5.41 Å². The molecule has 1 amide bonds. The highest BCUT2D eigenvalue weighted by atomic mass is 32.3. The number of anilines is 1. The maximum atomic E-state index is 12.6. The van der Waals surface area contributed by atoms with E-state index < -0.39 is 15.1 Å². The lowest BCUT2D eigenvalue weighted by Gasteiger charge is -2.17. The highest BCUT2D eigenvalue weighted by Crippen LogP contribution is 2.20. The number of amides is 1. The number of carbonyl (C=O) groups excluding carboxylic acids is 1. The molecule has 18 heavy (non-hydrogen) atoms. The molecule has 100 valence electrons. The first-order valence-electron chi connectivity index (χ1n) is 5.42. The van der Waals surface area contributed by atoms with Gasteiger partial charge in [0.1, 0.15) is 0 Å². The summed E-state index contributed by atoms with van der Waals surface area (Å²) in [6.45, 7) is 5.81. The Bertz CT molecular complexity index is 529. The Labute approximate surface area is 106 Å². The van der Waals surface area contributed by atoms with Gasteiger partial charge in [-0.1, -0.05) is 20.8 Å². The van der Waals surface area contributed by atoms with Crippen molar-refractivity contribution in [1.29, 1.82) is 0 Å². The Balaban J connectivity index is 2.73. The second-order valence-electron chi connectivity index (χ2n) is 5.25. The van der Waals surface area contributed by atoms with Crippen LogP contribution in [0.25, 0.3) is 0 Å². The second-order valence-corrected chi connectivity index (χ2v) is 6.59. The Kier molecular flexibility index (Phi) is 4.11. The highest BCUT2D eigenvalue weighted by Gasteiger charge is 2.16. The monoisotopic (exact) mass is 273 g/mol. The van der Waals surface area contributed by atoms with Crippen molar-refractivity contribution in [1.82, 2.24) is 0 Å². The van der Waals surface area contributed by atoms with Crippen LogP contribution in [-0.4, -0.2) is 14.3 Å². The number of carbonyl (C=O) groups is 1. The van der Waals surface area contributed by atoms with Gasteiger partial charge in [0.05, 0.1) is 4.90 Å². The summed E-state index contributed by atoms with van der Waals surface area (Å²) < 4.78 is 33.8. The summed E-state index contributed by atoms with van der Waals surface area (Å²) in [7, 11) is -4.69. The summed E-state index contributed by atoms with van der Waals surface area (Å²) in [6, 6.07) is 4.93. The van der Waals surface area contributed by atoms with Gasteiger partial charge in [-0.15, -0.1) is 3.89 Å². The molecule has 0 fully saturated rings. The number of hydrogen-bond acceptors (Lipinski definition) is 3. The summed E-state index contributed by atoms with van der Waals surface area (Å²) in [5.74, 6) is -0.168. The third kappa shape index (κ3) is 4.83. The molecule has 0 atom stereocenters. The summed E-state index contributed by atoms with van der Waals surface area (Å²) in [6.07, 6.45) is 0.343. The average molecular weight is 273 g/mol. The van der Waals surface area contributed by atoms with Crippen molar-refractivity contribution >= 4 is 21.8 Å². The van der Waals surface area contributed by atoms with Gasteiger partial charge in [0.15, 0.2) is 0 Å². The van der Waals surface area contributed by atoms with Crippen molar-refractivity contribution < 1.29 is 17.1 Å². The quantitative estimate of drug-likeness (QED) is 0.861. The Morgan fingerprint density at radius 3 is 2.11 bits per heavy atom. The zero-order valence-corrected chi connectivity index (χ0v) is 11.3. The molecule has 1 N–H and O–H groups in total. The van der Waals surface area contributed by atoms with Gasteiger partial charge >= 0.3 is 10.2 Å². The molecule has 0 aliphatic carbocycles. The molecule has 4 nitrogen and oxygen atoms in total. The van der Waals surface area contributed by atoms with E-state index in [0.717, 1.165) is 12.1 Å². The van der Waals surface area contributed by atoms with Gasteiger partial charge in [0, 0.05) is 12.1 Å². The smallest absolute Gasteiger partial charge is 0.326 e. The molecule has 0 aromatic heterocycles. The largest absolute Gasteiger partial charge is 0.332 e. The first-order valence-corrected chi connectivity index (χ1v) is 6.81. The van der Waals surface area contributed by atoms with Gasteiger partial charge in [-0.25, -0.2) is 0 Å². The zero-order valence-electron chi connectivity index (χ0n) is 10.5. The SMILES string of the molecule is CC(C)(C)CC(=O)Nc1ccc(S(=O)(=O)F)cc1. The molecular formula is C12H16FNO3S. The minimum atomic E-state index is -4.69. The fraction of sp³-hybridized carbons (Fsp3) is 0.417. The fourth-order valence-electron chi connectivity index (χ4n) is 1.39. The zero-order chi connectivity index (χ0) is 14.0. The van der Waals surface area contributed by atoms with Crippen molar-refractivity contribution in [3.05, 3.63) is 24.3 Å². The van der Waals surface area contributed by atoms with Crippen molar-refractivity contribution in [3.63, 3.8) is 0 Å². The van der Waals surface area contributed by atoms with E-state index in [4.69, 9.17) is 0 Å². The Hall–Kier alpha value is -1.43. The Morgan fingerprint density at radius 2 is 1.72 bits per heavy atom. The number of hydrogen-bond donors (Lipinski definition) is 1. The third-order valence-corrected chi connectivity index (χ3v) is 2.95. The van der Waals surface area contributed by atoms with Crippen LogP contribution < -0.4 is 5.32 Å². The van der Waals surface area contributed by atoms with Gasteiger partial charge < -0.3 is 5.32 Å². The average Bonchev–Trinajstić information content (AvgIpc) is 2.13. The van der Waals surface area contributed by atoms with Gasteiger partial charge in [-0.05, 0) is 29.7 Å². The minimum absolute atomic E-state index is 0.133. The molecule has 0 radical (unpaired) electrons. The Morgan fingerprint density at radius 1 is 1.22 bits per heavy atom. The molecule has 0 spiro atoms. The lowest BCUT2D eigenvalue weighted by Crippen LogP contribution is -2.19. The van der Waals surface area contributed by atoms with E-state index in [2.05, 4.69) is 5.32 Å². The van der Waals surface area contributed by atoms with E-state index in [1.807, 2.05) is 20.8 Å². The maximum absolute atomic E-state index is 12.6. The predicted molar refractivity (Wildman–Crippen MR) is 67.4 cm³/mol. The van der Waals surface area contributed by atoms with E-state index in [1.165, 1.54) is 12.1 Å². The molecule has 1 aromatic rings. The van der Waals surface area contributed by atoms with Crippen LogP contribution >= 0.6 is 0 Å². The molecule has 0 saturated carbocycles. The topological polar surface area (TPSA) is 63.2 Å². The number of benzene rings is 1. The molecule has 0 unspecified atom stereocenters. The summed E-state index contributed by atoms with van der Waals surface area (Å²) in [4.78, 5) is 11.2. The molecule has 0 aliphatic rings.